The Morgan fingerprint density at radius 3 is 2.56 bits per heavy atom. The van der Waals surface area contributed by atoms with Gasteiger partial charge in [-0.15, -0.1) is 11.3 Å². The highest BCUT2D eigenvalue weighted by Gasteiger charge is 2.44. The normalized spacial score (nSPS) is 20.7. The molecular weight excluding hydrogens is 709 g/mol. The van der Waals surface area contributed by atoms with Crippen molar-refractivity contribution in [3.05, 3.63) is 53.5 Å². The van der Waals surface area contributed by atoms with Crippen molar-refractivity contribution in [2.75, 3.05) is 45.9 Å². The number of aliphatic hydroxyl groups excluding tert-OH is 1. The second-order valence-electron chi connectivity index (χ2n) is 12.6. The average molecular weight is 756 g/mol. The number of benzene rings is 2. The van der Waals surface area contributed by atoms with Gasteiger partial charge in [-0.1, -0.05) is 26.0 Å². The first-order valence-electron chi connectivity index (χ1n) is 16.7. The number of sulfonamides is 1. The van der Waals surface area contributed by atoms with Crippen molar-refractivity contribution in [1.82, 2.24) is 14.6 Å². The van der Waals surface area contributed by atoms with Crippen LogP contribution in [0, 0.1) is 11.8 Å². The summed E-state index contributed by atoms with van der Waals surface area (Å²) in [4.78, 5) is 17.6. The van der Waals surface area contributed by atoms with Crippen LogP contribution in [-0.4, -0.2) is 99.3 Å². The van der Waals surface area contributed by atoms with Gasteiger partial charge in [-0.2, -0.15) is 4.31 Å². The van der Waals surface area contributed by atoms with Crippen molar-refractivity contribution in [1.29, 1.82) is 0 Å². The molecule has 3 heterocycles. The van der Waals surface area contributed by atoms with Crippen LogP contribution in [-0.2, 0) is 44.3 Å². The zero-order chi connectivity index (χ0) is 35.9. The molecule has 2 aromatic carbocycles. The van der Waals surface area contributed by atoms with E-state index in [0.29, 0.717) is 29.9 Å². The molecule has 2 saturated heterocycles. The van der Waals surface area contributed by atoms with E-state index in [1.54, 1.807) is 55.8 Å². The minimum atomic E-state index is -4.04. The number of carbonyl (C=O) groups excluding carboxylic acids is 1. The van der Waals surface area contributed by atoms with E-state index in [2.05, 4.69) is 10.3 Å². The summed E-state index contributed by atoms with van der Waals surface area (Å²) in [7, 11) is -7.47. The van der Waals surface area contributed by atoms with Gasteiger partial charge in [-0.05, 0) is 68.5 Å². The third-order valence-corrected chi connectivity index (χ3v) is 12.7. The van der Waals surface area contributed by atoms with E-state index in [1.165, 1.54) is 21.7 Å². The third kappa shape index (κ3) is 9.81. The lowest BCUT2D eigenvalue weighted by molar-refractivity contribution is -0.0907. The number of carbonyl (C=O) groups is 1. The summed E-state index contributed by atoms with van der Waals surface area (Å²) in [6.45, 7) is 8.20. The topological polar surface area (TPSA) is 172 Å². The average Bonchev–Trinajstić information content (AvgIpc) is 3.83. The lowest BCUT2D eigenvalue weighted by Crippen LogP contribution is -2.51. The Hall–Kier alpha value is -2.66. The fourth-order valence-electron chi connectivity index (χ4n) is 5.95. The predicted molar refractivity (Wildman–Crippen MR) is 187 cm³/mol. The summed E-state index contributed by atoms with van der Waals surface area (Å²) in [5, 5.41) is 14.5. The minimum Gasteiger partial charge on any atom is -0.481 e. The molecule has 14 nitrogen and oxygen atoms in total. The highest BCUT2D eigenvalue weighted by Crippen LogP contribution is 2.47. The zero-order valence-electron chi connectivity index (χ0n) is 28.6. The Balaban J connectivity index is 1.33. The van der Waals surface area contributed by atoms with E-state index in [-0.39, 0.29) is 62.4 Å². The SMILES string of the molecule is CCOP(=O)(COc1ccc(C[C@H](NC(=O)O[C@H]2CO[C@H]3OCC[C@H]32)[C@H](O)CN(CC(C)C)S(=O)(=O)c2ccc3ncsc3c2)cc1)OCC. The van der Waals surface area contributed by atoms with Crippen molar-refractivity contribution in [2.24, 2.45) is 11.8 Å². The number of rotatable bonds is 18. The number of fused-ring (bicyclic) bond motifs is 2. The van der Waals surface area contributed by atoms with Gasteiger partial charge in [-0.3, -0.25) is 4.57 Å². The fourth-order valence-corrected chi connectivity index (χ4v) is 9.70. The number of hydrogen-bond acceptors (Lipinski definition) is 13. The molecule has 1 aromatic heterocycles. The molecule has 0 bridgehead atoms. The van der Waals surface area contributed by atoms with Gasteiger partial charge in [0.25, 0.3) is 0 Å². The van der Waals surface area contributed by atoms with Gasteiger partial charge < -0.3 is 38.4 Å². The van der Waals surface area contributed by atoms with E-state index in [0.717, 1.165) is 4.70 Å². The summed E-state index contributed by atoms with van der Waals surface area (Å²) < 4.78 is 75.9. The van der Waals surface area contributed by atoms with Crippen LogP contribution in [0.2, 0.25) is 0 Å². The molecule has 0 saturated carbocycles. The molecule has 0 unspecified atom stereocenters. The van der Waals surface area contributed by atoms with Gasteiger partial charge in [0.1, 0.15) is 11.9 Å². The molecule has 5 rings (SSSR count). The number of amides is 1. The second kappa shape index (κ2) is 17.2. The summed E-state index contributed by atoms with van der Waals surface area (Å²) in [5.41, 5.74) is 3.06. The molecule has 0 aliphatic carbocycles. The first kappa shape index (κ1) is 38.6. The van der Waals surface area contributed by atoms with E-state index < -0.39 is 48.3 Å². The number of aromatic nitrogens is 1. The Morgan fingerprint density at radius 2 is 1.86 bits per heavy atom. The number of nitrogens with one attached hydrogen (secondary N) is 1. The maximum Gasteiger partial charge on any atom is 0.407 e. The molecule has 2 aliphatic rings. The van der Waals surface area contributed by atoms with E-state index in [1.807, 2.05) is 13.8 Å². The fraction of sp³-hybridized carbons (Fsp3) is 0.576. The lowest BCUT2D eigenvalue weighted by Gasteiger charge is -2.31. The summed E-state index contributed by atoms with van der Waals surface area (Å²) in [5.74, 6) is 0.275. The molecule has 2 fully saturated rings. The number of hydrogen-bond donors (Lipinski definition) is 2. The van der Waals surface area contributed by atoms with Crippen LogP contribution in [0.25, 0.3) is 10.2 Å². The Kier molecular flexibility index (Phi) is 13.3. The summed E-state index contributed by atoms with van der Waals surface area (Å²) in [6, 6.07) is 10.6. The Labute approximate surface area is 296 Å². The molecule has 17 heteroatoms. The maximum atomic E-state index is 14.0. The first-order valence-corrected chi connectivity index (χ1v) is 20.8. The monoisotopic (exact) mass is 755 g/mol. The van der Waals surface area contributed by atoms with Gasteiger partial charge in [0, 0.05) is 13.1 Å². The molecule has 5 atom stereocenters. The number of ether oxygens (including phenoxy) is 4. The summed E-state index contributed by atoms with van der Waals surface area (Å²) >= 11 is 1.34. The van der Waals surface area contributed by atoms with Crippen molar-refractivity contribution >= 4 is 45.3 Å². The van der Waals surface area contributed by atoms with Crippen LogP contribution in [0.1, 0.15) is 39.7 Å². The van der Waals surface area contributed by atoms with Crippen molar-refractivity contribution in [3.63, 3.8) is 0 Å². The van der Waals surface area contributed by atoms with Gasteiger partial charge in [-0.25, -0.2) is 18.2 Å². The van der Waals surface area contributed by atoms with Crippen LogP contribution in [0.3, 0.4) is 0 Å². The minimum absolute atomic E-state index is 0.0577. The molecule has 3 aromatic rings. The van der Waals surface area contributed by atoms with Crippen LogP contribution in [0.4, 0.5) is 4.79 Å². The molecule has 1 amide bonds. The number of aliphatic hydroxyl groups is 1. The number of alkyl carbamates (subject to hydrolysis) is 1. The van der Waals surface area contributed by atoms with Crippen molar-refractivity contribution < 1.29 is 50.9 Å². The molecule has 50 heavy (non-hydrogen) atoms. The quantitative estimate of drug-likeness (QED) is 0.167. The van der Waals surface area contributed by atoms with Crippen LogP contribution < -0.4 is 10.1 Å². The van der Waals surface area contributed by atoms with E-state index in [9.17, 15) is 22.9 Å². The van der Waals surface area contributed by atoms with Crippen molar-refractivity contribution in [3.8, 4) is 5.75 Å². The highest BCUT2D eigenvalue weighted by molar-refractivity contribution is 7.89. The third-order valence-electron chi connectivity index (χ3n) is 8.33. The van der Waals surface area contributed by atoms with Gasteiger partial charge in [0.2, 0.25) is 10.0 Å². The zero-order valence-corrected chi connectivity index (χ0v) is 31.2. The Morgan fingerprint density at radius 1 is 1.12 bits per heavy atom. The highest BCUT2D eigenvalue weighted by atomic mass is 32.2. The van der Waals surface area contributed by atoms with Crippen LogP contribution in [0.5, 0.6) is 5.75 Å². The molecule has 2 N–H and O–H groups in total. The standard InChI is InChI=1S/C33H46N3O11PS2/c1-5-45-48(39,46-6-2)21-44-24-9-7-23(8-10-24)15-28(35-33(38)47-30-19-43-32-26(30)13-14-42-32)29(37)18-36(17-22(3)4)50(40,41)25-11-12-27-31(16-25)49-20-34-27/h7-12,16,20,22,26,28-30,32,37H,5-6,13-15,17-19,21H2,1-4H3,(H,35,38)/t26-,28-,29+,30-,32+/m0/s1. The molecule has 276 valence electrons. The van der Waals surface area contributed by atoms with Crippen molar-refractivity contribution in [2.45, 2.75) is 70.0 Å². The predicted octanol–water partition coefficient (Wildman–Crippen LogP) is 5.01. The lowest BCUT2D eigenvalue weighted by atomic mass is 10.0. The molecular formula is C33H46N3O11PS2. The number of thiazole rings is 1. The van der Waals surface area contributed by atoms with E-state index >= 15 is 0 Å². The van der Waals surface area contributed by atoms with Gasteiger partial charge >= 0.3 is 13.7 Å². The second-order valence-corrected chi connectivity index (χ2v) is 17.4. The number of nitrogens with zero attached hydrogens (tertiary/aromatic N) is 2. The molecule has 0 spiro atoms. The van der Waals surface area contributed by atoms with Crippen LogP contribution in [0.15, 0.2) is 52.9 Å². The summed E-state index contributed by atoms with van der Waals surface area (Å²) in [6.07, 6.45) is -2.45. The molecule has 0 radical (unpaired) electrons. The van der Waals surface area contributed by atoms with Crippen LogP contribution >= 0.6 is 18.9 Å². The Bertz CT molecular complexity index is 1710. The maximum absolute atomic E-state index is 14.0. The van der Waals surface area contributed by atoms with E-state index in [4.69, 9.17) is 28.0 Å². The molecule has 2 aliphatic heterocycles. The largest absolute Gasteiger partial charge is 0.481 e. The first-order chi connectivity index (χ1) is 23.9. The van der Waals surface area contributed by atoms with Gasteiger partial charge in [0.05, 0.1) is 65.1 Å². The van der Waals surface area contributed by atoms with Gasteiger partial charge in [0.15, 0.2) is 12.6 Å². The smallest absolute Gasteiger partial charge is 0.407 e.